The molecule has 0 aliphatic carbocycles. The number of amides is 1. The third kappa shape index (κ3) is 4.01. The SMILES string of the molecule is CC[C@@H](Nc1n[s+]([O-])nc1Nc1cccc(C(N)=O)c1O)c1cc(C)co1. The number of primary amides is 1. The minimum atomic E-state index is -1.80. The minimum Gasteiger partial charge on any atom is -0.546 e. The first-order valence-electron chi connectivity index (χ1n) is 8.19. The fourth-order valence-corrected chi connectivity index (χ4v) is 3.21. The van der Waals surface area contributed by atoms with E-state index in [1.807, 2.05) is 19.9 Å². The van der Waals surface area contributed by atoms with E-state index < -0.39 is 17.0 Å². The Balaban J connectivity index is 1.88. The zero-order valence-corrected chi connectivity index (χ0v) is 15.5. The zero-order valence-electron chi connectivity index (χ0n) is 14.7. The average molecular weight is 389 g/mol. The highest BCUT2D eigenvalue weighted by atomic mass is 32.2. The molecule has 0 radical (unpaired) electrons. The zero-order chi connectivity index (χ0) is 19.6. The lowest BCUT2D eigenvalue weighted by atomic mass is 10.1. The van der Waals surface area contributed by atoms with E-state index in [9.17, 15) is 14.5 Å². The number of rotatable bonds is 7. The number of aryl methyl sites for hydroxylation is 1. The summed E-state index contributed by atoms with van der Waals surface area (Å²) >= 11 is -1.80. The van der Waals surface area contributed by atoms with Gasteiger partial charge in [-0.3, -0.25) is 4.79 Å². The molecule has 27 heavy (non-hydrogen) atoms. The largest absolute Gasteiger partial charge is 0.546 e. The van der Waals surface area contributed by atoms with Gasteiger partial charge in [0.15, 0.2) is 16.9 Å². The summed E-state index contributed by atoms with van der Waals surface area (Å²) < 4.78 is 25.2. The number of hydrogen-bond donors (Lipinski definition) is 4. The van der Waals surface area contributed by atoms with Gasteiger partial charge < -0.3 is 30.4 Å². The van der Waals surface area contributed by atoms with Gasteiger partial charge in [0.2, 0.25) is 11.6 Å². The number of nitrogens with two attached hydrogens (primary N) is 1. The quantitative estimate of drug-likeness (QED) is 0.355. The molecule has 9 nitrogen and oxygen atoms in total. The number of hydrogen-bond acceptors (Lipinski definition) is 8. The van der Waals surface area contributed by atoms with Gasteiger partial charge in [0.05, 0.1) is 23.6 Å². The van der Waals surface area contributed by atoms with Crippen molar-refractivity contribution < 1.29 is 18.9 Å². The molecule has 142 valence electrons. The standard InChI is InChI=1S/C17H19N5O4S/c1-3-11(13-7-9(2)8-26-13)19-16-17(22-27(25)21-16)20-12-6-4-5-10(14(12)23)15(18)24/h4-8,11,23H,3H2,1-2H3,(H2,18,24)(H,19,21)(H,20,22)/t11-,27?/m1/s1. The van der Waals surface area contributed by atoms with Crippen molar-refractivity contribution in [2.45, 2.75) is 26.3 Å². The number of aromatic nitrogens is 2. The van der Waals surface area contributed by atoms with Crippen LogP contribution < -0.4 is 16.4 Å². The second-order valence-electron chi connectivity index (χ2n) is 5.93. The number of carbonyl (C=O) groups is 1. The van der Waals surface area contributed by atoms with Gasteiger partial charge in [0.1, 0.15) is 5.76 Å². The van der Waals surface area contributed by atoms with Crippen molar-refractivity contribution in [1.29, 1.82) is 0 Å². The van der Waals surface area contributed by atoms with E-state index >= 15 is 0 Å². The third-order valence-corrected chi connectivity index (χ3v) is 4.61. The highest BCUT2D eigenvalue weighted by Gasteiger charge is 2.23. The van der Waals surface area contributed by atoms with Gasteiger partial charge in [-0.1, -0.05) is 13.0 Å². The van der Waals surface area contributed by atoms with Gasteiger partial charge in [-0.05, 0) is 37.1 Å². The molecule has 3 aromatic rings. The van der Waals surface area contributed by atoms with E-state index in [0.29, 0.717) is 12.2 Å². The first-order valence-corrected chi connectivity index (χ1v) is 9.25. The molecule has 2 atom stereocenters. The molecule has 0 spiro atoms. The Morgan fingerprint density at radius 1 is 1.41 bits per heavy atom. The number of para-hydroxylation sites is 1. The Bertz CT molecular complexity index is 968. The van der Waals surface area contributed by atoms with Crippen molar-refractivity contribution in [2.75, 3.05) is 10.6 Å². The van der Waals surface area contributed by atoms with Crippen molar-refractivity contribution in [1.82, 2.24) is 8.75 Å². The topological polar surface area (TPSA) is 149 Å². The van der Waals surface area contributed by atoms with Crippen LogP contribution in [0.2, 0.25) is 0 Å². The second kappa shape index (κ2) is 7.64. The average Bonchev–Trinajstić information content (AvgIpc) is 3.19. The van der Waals surface area contributed by atoms with Crippen LogP contribution in [0.15, 0.2) is 34.9 Å². The molecular formula is C17H19N5O4S. The summed E-state index contributed by atoms with van der Waals surface area (Å²) in [5, 5.41) is 16.2. The van der Waals surface area contributed by atoms with Crippen molar-refractivity contribution >= 4 is 34.4 Å². The predicted octanol–water partition coefficient (Wildman–Crippen LogP) is 3.22. The highest BCUT2D eigenvalue weighted by Crippen LogP contribution is 2.35. The molecule has 2 heterocycles. The summed E-state index contributed by atoms with van der Waals surface area (Å²) in [6.07, 6.45) is 2.34. The number of phenols is 1. The van der Waals surface area contributed by atoms with Gasteiger partial charge in [-0.2, -0.15) is 0 Å². The first-order chi connectivity index (χ1) is 12.9. The van der Waals surface area contributed by atoms with Crippen LogP contribution in [0.5, 0.6) is 5.75 Å². The fourth-order valence-electron chi connectivity index (χ4n) is 2.59. The van der Waals surface area contributed by atoms with Gasteiger partial charge >= 0.3 is 0 Å². The Morgan fingerprint density at radius 2 is 2.15 bits per heavy atom. The molecule has 0 aliphatic rings. The molecule has 5 N–H and O–H groups in total. The summed E-state index contributed by atoms with van der Waals surface area (Å²) in [6.45, 7) is 3.89. The van der Waals surface area contributed by atoms with Gasteiger partial charge in [-0.15, -0.1) is 0 Å². The number of nitrogens with one attached hydrogen (secondary N) is 2. The number of furan rings is 1. The van der Waals surface area contributed by atoms with Crippen LogP contribution in [-0.2, 0) is 0 Å². The lowest BCUT2D eigenvalue weighted by Gasteiger charge is -2.14. The summed E-state index contributed by atoms with van der Waals surface area (Å²) in [7, 11) is 0. The summed E-state index contributed by atoms with van der Waals surface area (Å²) in [6, 6.07) is 6.19. The van der Waals surface area contributed by atoms with Crippen molar-refractivity contribution in [2.24, 2.45) is 5.73 Å². The molecule has 3 rings (SSSR count). The molecular weight excluding hydrogens is 370 g/mol. The number of nitrogens with zero attached hydrogens (tertiary/aromatic N) is 2. The minimum absolute atomic E-state index is 0.0383. The first kappa shape index (κ1) is 18.7. The molecule has 0 fully saturated rings. The van der Waals surface area contributed by atoms with Crippen LogP contribution in [-0.4, -0.2) is 24.3 Å². The summed E-state index contributed by atoms with van der Waals surface area (Å²) in [4.78, 5) is 11.4. The molecule has 2 aromatic heterocycles. The van der Waals surface area contributed by atoms with Gasteiger partial charge in [-0.25, -0.2) is 0 Å². The number of aromatic hydroxyl groups is 1. The maximum atomic E-state index is 11.8. The molecule has 1 amide bonds. The van der Waals surface area contributed by atoms with E-state index in [4.69, 9.17) is 10.2 Å². The normalized spacial score (nSPS) is 12.6. The Labute approximate surface area is 158 Å². The monoisotopic (exact) mass is 389 g/mol. The Kier molecular flexibility index (Phi) is 5.28. The van der Waals surface area contributed by atoms with Crippen LogP contribution in [0.25, 0.3) is 0 Å². The van der Waals surface area contributed by atoms with Gasteiger partial charge in [0, 0.05) is 8.75 Å². The predicted molar refractivity (Wildman–Crippen MR) is 101 cm³/mol. The summed E-state index contributed by atoms with van der Waals surface area (Å²) in [5.41, 5.74) is 6.38. The summed E-state index contributed by atoms with van der Waals surface area (Å²) in [5.74, 6) is 0.0659. The molecule has 10 heteroatoms. The Morgan fingerprint density at radius 3 is 2.78 bits per heavy atom. The van der Waals surface area contributed by atoms with Crippen LogP contribution in [0.3, 0.4) is 0 Å². The van der Waals surface area contributed by atoms with Crippen LogP contribution >= 0.6 is 11.1 Å². The van der Waals surface area contributed by atoms with Crippen molar-refractivity contribution in [3.8, 4) is 5.75 Å². The molecule has 0 saturated heterocycles. The molecule has 0 saturated carbocycles. The van der Waals surface area contributed by atoms with E-state index in [2.05, 4.69) is 19.4 Å². The third-order valence-electron chi connectivity index (χ3n) is 3.93. The number of anilines is 3. The molecule has 1 aromatic carbocycles. The van der Waals surface area contributed by atoms with Crippen LogP contribution in [0.4, 0.5) is 17.3 Å². The molecule has 0 bridgehead atoms. The smallest absolute Gasteiger partial charge is 0.252 e. The van der Waals surface area contributed by atoms with E-state index in [1.54, 1.807) is 12.3 Å². The maximum absolute atomic E-state index is 11.8. The Hall–Kier alpha value is -3.11. The number of benzene rings is 1. The van der Waals surface area contributed by atoms with Gasteiger partial charge in [0.25, 0.3) is 5.91 Å². The van der Waals surface area contributed by atoms with E-state index in [-0.39, 0.29) is 34.7 Å². The molecule has 1 unspecified atom stereocenters. The highest BCUT2D eigenvalue weighted by molar-refractivity contribution is 7.14. The molecule has 0 aliphatic heterocycles. The van der Waals surface area contributed by atoms with Crippen molar-refractivity contribution in [3.05, 3.63) is 47.4 Å². The second-order valence-corrected chi connectivity index (χ2v) is 6.76. The van der Waals surface area contributed by atoms with Crippen LogP contribution in [0, 0.1) is 6.92 Å². The maximum Gasteiger partial charge on any atom is 0.252 e. The lowest BCUT2D eigenvalue weighted by molar-refractivity contribution is 0.0998. The van der Waals surface area contributed by atoms with E-state index in [0.717, 1.165) is 5.56 Å². The number of carbonyl (C=O) groups excluding carboxylic acids is 1. The van der Waals surface area contributed by atoms with Crippen molar-refractivity contribution in [3.63, 3.8) is 0 Å². The van der Waals surface area contributed by atoms with Crippen LogP contribution in [0.1, 0.15) is 41.1 Å². The fraction of sp³-hybridized carbons (Fsp3) is 0.235. The van der Waals surface area contributed by atoms with E-state index in [1.165, 1.54) is 12.1 Å². The lowest BCUT2D eigenvalue weighted by Crippen LogP contribution is -2.12.